The van der Waals surface area contributed by atoms with E-state index in [9.17, 15) is 0 Å². The molecule has 0 saturated carbocycles. The summed E-state index contributed by atoms with van der Waals surface area (Å²) >= 11 is 0. The highest BCUT2D eigenvalue weighted by molar-refractivity contribution is 5.13. The Balaban J connectivity index is 1.47. The van der Waals surface area contributed by atoms with E-state index < -0.39 is 5.97 Å². The Kier molecular flexibility index (Phi) is 3.32. The normalized spacial score (nSPS) is 34.7. The minimum atomic E-state index is -0.859. The van der Waals surface area contributed by atoms with E-state index in [0.29, 0.717) is 19.8 Å². The van der Waals surface area contributed by atoms with Gasteiger partial charge >= 0.3 is 0 Å². The zero-order chi connectivity index (χ0) is 12.4. The van der Waals surface area contributed by atoms with Crippen molar-refractivity contribution < 1.29 is 19.0 Å². The number of fused-ring (bicyclic) bond motifs is 2. The topological polar surface area (TPSA) is 49.0 Å². The Morgan fingerprint density at radius 2 is 2.06 bits per heavy atom. The summed E-state index contributed by atoms with van der Waals surface area (Å²) in [5.41, 5.74) is 4.11. The van der Waals surface area contributed by atoms with Gasteiger partial charge in [-0.25, -0.2) is 0 Å². The van der Waals surface area contributed by atoms with Crippen molar-refractivity contribution in [1.29, 1.82) is 0 Å². The average molecular weight is 251 g/mol. The fraction of sp³-hybridized carbons (Fsp3) is 0.538. The van der Waals surface area contributed by atoms with Gasteiger partial charge < -0.3 is 14.2 Å². The second-order valence-corrected chi connectivity index (χ2v) is 4.64. The van der Waals surface area contributed by atoms with Crippen LogP contribution in [0, 0.1) is 0 Å². The van der Waals surface area contributed by atoms with Gasteiger partial charge in [0.25, 0.3) is 5.97 Å². The molecule has 5 heteroatoms. The van der Waals surface area contributed by atoms with Crippen LogP contribution in [0.5, 0.6) is 0 Å². The van der Waals surface area contributed by atoms with Crippen LogP contribution in [0.3, 0.4) is 0 Å². The second-order valence-electron chi connectivity index (χ2n) is 4.64. The molecule has 3 atom stereocenters. The first-order valence-corrected chi connectivity index (χ1v) is 6.12. The number of nitrogens with one attached hydrogen (secondary N) is 1. The van der Waals surface area contributed by atoms with Gasteiger partial charge in [0.2, 0.25) is 0 Å². The molecule has 2 saturated heterocycles. The van der Waals surface area contributed by atoms with Crippen molar-refractivity contribution in [3.63, 3.8) is 0 Å². The molecule has 3 rings (SSSR count). The van der Waals surface area contributed by atoms with Gasteiger partial charge in [0.15, 0.2) is 0 Å². The van der Waals surface area contributed by atoms with Crippen molar-refractivity contribution in [1.82, 2.24) is 5.48 Å². The van der Waals surface area contributed by atoms with E-state index in [1.165, 1.54) is 0 Å². The average Bonchev–Trinajstić information content (AvgIpc) is 2.71. The molecule has 2 aliphatic heterocycles. The van der Waals surface area contributed by atoms with E-state index >= 15 is 0 Å². The van der Waals surface area contributed by atoms with Crippen LogP contribution in [-0.4, -0.2) is 31.3 Å². The maximum absolute atomic E-state index is 5.61. The monoisotopic (exact) mass is 251 g/mol. The van der Waals surface area contributed by atoms with E-state index in [-0.39, 0.29) is 12.1 Å². The molecular formula is C13H17NO4. The van der Waals surface area contributed by atoms with Gasteiger partial charge in [-0.15, -0.1) is 0 Å². The SMILES string of the molecule is C[C@]12OC[C@H](O1)[C@H](NOCc1ccccc1)CO2. The highest BCUT2D eigenvalue weighted by Crippen LogP contribution is 2.31. The summed E-state index contributed by atoms with van der Waals surface area (Å²) in [7, 11) is 0. The quantitative estimate of drug-likeness (QED) is 0.815. The molecule has 18 heavy (non-hydrogen) atoms. The molecule has 1 aromatic rings. The molecule has 2 aliphatic rings. The Morgan fingerprint density at radius 3 is 2.89 bits per heavy atom. The second kappa shape index (κ2) is 4.95. The number of hydrogen-bond donors (Lipinski definition) is 1. The first-order valence-electron chi connectivity index (χ1n) is 6.12. The maximum atomic E-state index is 5.61. The van der Waals surface area contributed by atoms with E-state index in [1.54, 1.807) is 6.92 Å². The molecule has 2 fully saturated rings. The molecule has 2 bridgehead atoms. The summed E-state index contributed by atoms with van der Waals surface area (Å²) in [6, 6.07) is 10.0. The molecule has 2 heterocycles. The number of hydroxylamine groups is 1. The lowest BCUT2D eigenvalue weighted by atomic mass is 10.2. The zero-order valence-electron chi connectivity index (χ0n) is 10.3. The van der Waals surface area contributed by atoms with Crippen LogP contribution in [0.2, 0.25) is 0 Å². The van der Waals surface area contributed by atoms with Crippen LogP contribution in [0.4, 0.5) is 0 Å². The van der Waals surface area contributed by atoms with Gasteiger partial charge in [-0.1, -0.05) is 30.3 Å². The van der Waals surface area contributed by atoms with Gasteiger partial charge in [0.05, 0.1) is 25.9 Å². The van der Waals surface area contributed by atoms with E-state index in [4.69, 9.17) is 19.0 Å². The van der Waals surface area contributed by atoms with Crippen molar-refractivity contribution in [2.24, 2.45) is 0 Å². The van der Waals surface area contributed by atoms with E-state index in [1.807, 2.05) is 30.3 Å². The summed E-state index contributed by atoms with van der Waals surface area (Å²) in [6.45, 7) is 3.36. The number of rotatable bonds is 4. The smallest absolute Gasteiger partial charge is 0.280 e. The number of hydrogen-bond acceptors (Lipinski definition) is 5. The van der Waals surface area contributed by atoms with Gasteiger partial charge in [-0.3, -0.25) is 4.84 Å². The van der Waals surface area contributed by atoms with Gasteiger partial charge in [-0.2, -0.15) is 5.48 Å². The van der Waals surface area contributed by atoms with Crippen LogP contribution in [-0.2, 0) is 25.7 Å². The molecule has 0 unspecified atom stereocenters. The number of ether oxygens (including phenoxy) is 3. The largest absolute Gasteiger partial charge is 0.326 e. The molecule has 0 spiro atoms. The van der Waals surface area contributed by atoms with Crippen molar-refractivity contribution in [2.45, 2.75) is 31.6 Å². The highest BCUT2D eigenvalue weighted by Gasteiger charge is 2.47. The summed E-state index contributed by atoms with van der Waals surface area (Å²) in [6.07, 6.45) is -0.0143. The van der Waals surface area contributed by atoms with Crippen LogP contribution in [0.1, 0.15) is 12.5 Å². The summed E-state index contributed by atoms with van der Waals surface area (Å²) in [5, 5.41) is 0. The fourth-order valence-electron chi connectivity index (χ4n) is 2.12. The van der Waals surface area contributed by atoms with Crippen LogP contribution in [0.15, 0.2) is 30.3 Å². The third kappa shape index (κ3) is 2.55. The van der Waals surface area contributed by atoms with Crippen molar-refractivity contribution >= 4 is 0 Å². The van der Waals surface area contributed by atoms with Gasteiger partial charge in [0, 0.05) is 6.92 Å². The maximum Gasteiger partial charge on any atom is 0.280 e. The predicted molar refractivity (Wildman–Crippen MR) is 63.3 cm³/mol. The first kappa shape index (κ1) is 12.1. The highest BCUT2D eigenvalue weighted by atomic mass is 16.9. The van der Waals surface area contributed by atoms with Gasteiger partial charge in [-0.05, 0) is 5.56 Å². The van der Waals surface area contributed by atoms with Crippen LogP contribution >= 0.6 is 0 Å². The summed E-state index contributed by atoms with van der Waals surface area (Å²) < 4.78 is 16.5. The Bertz CT molecular complexity index is 399. The summed E-state index contributed by atoms with van der Waals surface area (Å²) in [5.74, 6) is -0.859. The lowest BCUT2D eigenvalue weighted by Gasteiger charge is -2.33. The van der Waals surface area contributed by atoms with Crippen molar-refractivity contribution in [2.75, 3.05) is 13.2 Å². The molecule has 1 N–H and O–H groups in total. The zero-order valence-corrected chi connectivity index (χ0v) is 10.3. The lowest BCUT2D eigenvalue weighted by Crippen LogP contribution is -2.51. The third-order valence-electron chi connectivity index (χ3n) is 3.17. The molecule has 0 aliphatic carbocycles. The molecule has 0 aromatic heterocycles. The minimum Gasteiger partial charge on any atom is -0.326 e. The molecule has 1 aromatic carbocycles. The third-order valence-corrected chi connectivity index (χ3v) is 3.17. The Morgan fingerprint density at radius 1 is 1.28 bits per heavy atom. The predicted octanol–water partition coefficient (Wildman–Crippen LogP) is 1.20. The fourth-order valence-corrected chi connectivity index (χ4v) is 2.12. The minimum absolute atomic E-state index is 0.00397. The molecular weight excluding hydrogens is 234 g/mol. The van der Waals surface area contributed by atoms with Crippen molar-refractivity contribution in [3.8, 4) is 0 Å². The molecule has 5 nitrogen and oxygen atoms in total. The van der Waals surface area contributed by atoms with Crippen LogP contribution in [0.25, 0.3) is 0 Å². The first-order chi connectivity index (χ1) is 8.75. The van der Waals surface area contributed by atoms with Crippen LogP contribution < -0.4 is 5.48 Å². The number of benzene rings is 1. The molecule has 98 valence electrons. The lowest BCUT2D eigenvalue weighted by molar-refractivity contribution is -0.351. The Hall–Kier alpha value is -0.980. The summed E-state index contributed by atoms with van der Waals surface area (Å²) in [4.78, 5) is 5.48. The van der Waals surface area contributed by atoms with Crippen molar-refractivity contribution in [3.05, 3.63) is 35.9 Å². The standard InChI is InChI=1S/C13H17NO4/c1-13-15-8-11(12(18-13)9-16-13)14-17-7-10-5-3-2-4-6-10/h2-6,11-12,14H,7-9H2,1H3/t11-,12+,13+/m1/s1. The Labute approximate surface area is 106 Å². The van der Waals surface area contributed by atoms with E-state index in [0.717, 1.165) is 5.56 Å². The van der Waals surface area contributed by atoms with E-state index in [2.05, 4.69) is 5.48 Å². The van der Waals surface area contributed by atoms with Gasteiger partial charge in [0.1, 0.15) is 6.10 Å². The molecule has 0 radical (unpaired) electrons. The molecule has 0 amide bonds.